The summed E-state index contributed by atoms with van der Waals surface area (Å²) in [7, 11) is 0. The Morgan fingerprint density at radius 2 is 2.04 bits per heavy atom. The van der Waals surface area contributed by atoms with Crippen molar-refractivity contribution in [1.82, 2.24) is 10.2 Å². The number of hydrogen-bond donors (Lipinski definition) is 2. The van der Waals surface area contributed by atoms with Crippen LogP contribution in [0.25, 0.3) is 0 Å². The van der Waals surface area contributed by atoms with Gasteiger partial charge >= 0.3 is 5.97 Å². The van der Waals surface area contributed by atoms with Crippen LogP contribution in [0.3, 0.4) is 0 Å². The van der Waals surface area contributed by atoms with Gasteiger partial charge in [0.05, 0.1) is 17.4 Å². The normalized spacial score (nSPS) is 14.4. The number of hydrogen-bond acceptors (Lipinski definition) is 5. The van der Waals surface area contributed by atoms with E-state index in [-0.39, 0.29) is 36.3 Å². The molecule has 26 heavy (non-hydrogen) atoms. The van der Waals surface area contributed by atoms with Crippen LogP contribution in [0.4, 0.5) is 5.69 Å². The lowest BCUT2D eigenvalue weighted by atomic mass is 10.1. The maximum Gasteiger partial charge on any atom is 0.308 e. The van der Waals surface area contributed by atoms with Crippen LogP contribution in [-0.4, -0.2) is 51.8 Å². The summed E-state index contributed by atoms with van der Waals surface area (Å²) in [6.07, 6.45) is 1.65. The molecule has 9 nitrogen and oxygen atoms in total. The zero-order valence-corrected chi connectivity index (χ0v) is 14.6. The van der Waals surface area contributed by atoms with Crippen LogP contribution in [0, 0.1) is 23.0 Å². The molecule has 2 amide bonds. The van der Waals surface area contributed by atoms with E-state index in [0.29, 0.717) is 5.56 Å². The van der Waals surface area contributed by atoms with Crippen LogP contribution >= 0.6 is 0 Å². The van der Waals surface area contributed by atoms with Gasteiger partial charge < -0.3 is 15.3 Å². The summed E-state index contributed by atoms with van der Waals surface area (Å²) in [5.74, 6) is -2.52. The molecule has 0 saturated heterocycles. The molecule has 1 atom stereocenters. The molecule has 0 spiro atoms. The minimum absolute atomic E-state index is 0.0304. The Balaban J connectivity index is 1.97. The van der Waals surface area contributed by atoms with Crippen molar-refractivity contribution in [3.05, 3.63) is 39.4 Å². The molecule has 1 fully saturated rings. The Morgan fingerprint density at radius 3 is 2.54 bits per heavy atom. The Labute approximate surface area is 150 Å². The van der Waals surface area contributed by atoms with E-state index >= 15 is 0 Å². The van der Waals surface area contributed by atoms with E-state index in [1.54, 1.807) is 0 Å². The summed E-state index contributed by atoms with van der Waals surface area (Å²) in [5.41, 5.74) is 0.488. The molecule has 2 N–H and O–H groups in total. The number of nitrogens with one attached hydrogen (secondary N) is 1. The van der Waals surface area contributed by atoms with E-state index in [4.69, 9.17) is 5.11 Å². The molecule has 0 radical (unpaired) electrons. The number of carboxylic acids is 1. The molecule has 0 bridgehead atoms. The first kappa shape index (κ1) is 19.4. The summed E-state index contributed by atoms with van der Waals surface area (Å²) in [4.78, 5) is 47.3. The van der Waals surface area contributed by atoms with Crippen molar-refractivity contribution in [3.8, 4) is 0 Å². The summed E-state index contributed by atoms with van der Waals surface area (Å²) >= 11 is 0. The Hall–Kier alpha value is -2.97. The predicted molar refractivity (Wildman–Crippen MR) is 91.7 cm³/mol. The van der Waals surface area contributed by atoms with Crippen LogP contribution in [0.2, 0.25) is 0 Å². The minimum Gasteiger partial charge on any atom is -0.481 e. The monoisotopic (exact) mass is 363 g/mol. The Morgan fingerprint density at radius 1 is 1.38 bits per heavy atom. The van der Waals surface area contributed by atoms with Crippen molar-refractivity contribution in [2.75, 3.05) is 13.1 Å². The Kier molecular flexibility index (Phi) is 5.91. The standard InChI is InChI=1S/C17H21N3O6/c1-10-7-12(3-6-14(10)20(25)26)16(22)18-8-15(21)19(13-4-5-13)9-11(2)17(23)24/h3,6-7,11,13H,4-5,8-9H2,1-2H3,(H,18,22)(H,23,24). The third-order valence-corrected chi connectivity index (χ3v) is 4.26. The summed E-state index contributed by atoms with van der Waals surface area (Å²) < 4.78 is 0. The first-order valence-corrected chi connectivity index (χ1v) is 8.26. The molecule has 0 heterocycles. The first-order chi connectivity index (χ1) is 12.2. The predicted octanol–water partition coefficient (Wildman–Crippen LogP) is 1.34. The Bertz CT molecular complexity index is 744. The van der Waals surface area contributed by atoms with Crippen molar-refractivity contribution in [2.45, 2.75) is 32.7 Å². The zero-order chi connectivity index (χ0) is 19.4. The molecule has 1 aromatic rings. The number of nitrogens with zero attached hydrogens (tertiary/aromatic N) is 2. The molecule has 1 aromatic carbocycles. The number of rotatable bonds is 8. The molecule has 0 aliphatic heterocycles. The van der Waals surface area contributed by atoms with Gasteiger partial charge in [-0.15, -0.1) is 0 Å². The third-order valence-electron chi connectivity index (χ3n) is 4.26. The fourth-order valence-electron chi connectivity index (χ4n) is 2.57. The van der Waals surface area contributed by atoms with Crippen LogP contribution in [0.1, 0.15) is 35.7 Å². The van der Waals surface area contributed by atoms with Crippen molar-refractivity contribution in [1.29, 1.82) is 0 Å². The highest BCUT2D eigenvalue weighted by Gasteiger charge is 2.34. The number of amides is 2. The molecule has 0 aromatic heterocycles. The largest absolute Gasteiger partial charge is 0.481 e. The average molecular weight is 363 g/mol. The second-order valence-electron chi connectivity index (χ2n) is 6.46. The zero-order valence-electron chi connectivity index (χ0n) is 14.6. The lowest BCUT2D eigenvalue weighted by Crippen LogP contribution is -2.44. The molecular formula is C17H21N3O6. The van der Waals surface area contributed by atoms with Gasteiger partial charge in [0.1, 0.15) is 0 Å². The van der Waals surface area contributed by atoms with Gasteiger partial charge in [0, 0.05) is 29.8 Å². The fraction of sp³-hybridized carbons (Fsp3) is 0.471. The molecule has 140 valence electrons. The average Bonchev–Trinajstić information content (AvgIpc) is 3.41. The van der Waals surface area contributed by atoms with Gasteiger partial charge in [0.2, 0.25) is 5.91 Å². The van der Waals surface area contributed by atoms with E-state index in [9.17, 15) is 24.5 Å². The van der Waals surface area contributed by atoms with Crippen molar-refractivity contribution in [2.24, 2.45) is 5.92 Å². The van der Waals surface area contributed by atoms with E-state index < -0.39 is 22.7 Å². The molecule has 1 aliphatic carbocycles. The van der Waals surface area contributed by atoms with E-state index in [2.05, 4.69) is 5.32 Å². The van der Waals surface area contributed by atoms with E-state index in [1.807, 2.05) is 0 Å². The van der Waals surface area contributed by atoms with Crippen LogP contribution in [0.5, 0.6) is 0 Å². The van der Waals surface area contributed by atoms with E-state index in [0.717, 1.165) is 12.8 Å². The number of carbonyl (C=O) groups is 3. The van der Waals surface area contributed by atoms with Crippen LogP contribution < -0.4 is 5.32 Å². The van der Waals surface area contributed by atoms with Gasteiger partial charge in [-0.1, -0.05) is 6.92 Å². The van der Waals surface area contributed by atoms with Crippen molar-refractivity contribution < 1.29 is 24.4 Å². The van der Waals surface area contributed by atoms with E-state index in [1.165, 1.54) is 36.9 Å². The number of carboxylic acid groups (broad SMARTS) is 1. The molecule has 1 aliphatic rings. The number of carbonyl (C=O) groups excluding carboxylic acids is 2. The number of nitro groups is 1. The van der Waals surface area contributed by atoms with Gasteiger partial charge in [-0.2, -0.15) is 0 Å². The highest BCUT2D eigenvalue weighted by atomic mass is 16.6. The topological polar surface area (TPSA) is 130 Å². The van der Waals surface area contributed by atoms with Gasteiger partial charge in [-0.3, -0.25) is 24.5 Å². The maximum absolute atomic E-state index is 12.4. The molecule has 2 rings (SSSR count). The first-order valence-electron chi connectivity index (χ1n) is 8.26. The highest BCUT2D eigenvalue weighted by Crippen LogP contribution is 2.27. The van der Waals surface area contributed by atoms with Gasteiger partial charge in [0.25, 0.3) is 11.6 Å². The summed E-state index contributed by atoms with van der Waals surface area (Å²) in [6.45, 7) is 2.91. The van der Waals surface area contributed by atoms with Gasteiger partial charge in [-0.05, 0) is 31.9 Å². The maximum atomic E-state index is 12.4. The second-order valence-corrected chi connectivity index (χ2v) is 6.46. The lowest BCUT2D eigenvalue weighted by Gasteiger charge is -2.24. The molecular weight excluding hydrogens is 342 g/mol. The number of benzene rings is 1. The van der Waals surface area contributed by atoms with Gasteiger partial charge in [-0.25, -0.2) is 0 Å². The highest BCUT2D eigenvalue weighted by molar-refractivity contribution is 5.97. The smallest absolute Gasteiger partial charge is 0.308 e. The molecule has 1 unspecified atom stereocenters. The van der Waals surface area contributed by atoms with Gasteiger partial charge in [0.15, 0.2) is 0 Å². The van der Waals surface area contributed by atoms with Crippen molar-refractivity contribution >= 4 is 23.5 Å². The summed E-state index contributed by atoms with van der Waals surface area (Å²) in [5, 5.41) is 22.3. The van der Waals surface area contributed by atoms with Crippen molar-refractivity contribution in [3.63, 3.8) is 0 Å². The number of nitro benzene ring substituents is 1. The van der Waals surface area contributed by atoms with Crippen LogP contribution in [0.15, 0.2) is 18.2 Å². The lowest BCUT2D eigenvalue weighted by molar-refractivity contribution is -0.385. The number of aliphatic carboxylic acids is 1. The fourth-order valence-corrected chi connectivity index (χ4v) is 2.57. The summed E-state index contributed by atoms with van der Waals surface area (Å²) in [6, 6.07) is 4.00. The second kappa shape index (κ2) is 7.94. The number of aryl methyl sites for hydroxylation is 1. The SMILES string of the molecule is Cc1cc(C(=O)NCC(=O)N(CC(C)C(=O)O)C2CC2)ccc1[N+](=O)[O-]. The third kappa shape index (κ3) is 4.78. The van der Waals surface area contributed by atoms with Crippen LogP contribution in [-0.2, 0) is 9.59 Å². The molecule has 1 saturated carbocycles. The molecule has 9 heteroatoms. The minimum atomic E-state index is -0.978. The quantitative estimate of drug-likeness (QED) is 0.529.